The quantitative estimate of drug-likeness (QED) is 0.913. The second kappa shape index (κ2) is 5.83. The monoisotopic (exact) mass is 274 g/mol. The van der Waals surface area contributed by atoms with Crippen LogP contribution in [0.15, 0.2) is 24.3 Å². The van der Waals surface area contributed by atoms with Crippen LogP contribution in [0.1, 0.15) is 30.7 Å². The molecule has 0 bridgehead atoms. The highest BCUT2D eigenvalue weighted by Crippen LogP contribution is 2.34. The fraction of sp³-hybridized carbons (Fsp3) is 0.562. The third-order valence-corrected chi connectivity index (χ3v) is 4.28. The van der Waals surface area contributed by atoms with E-state index < -0.39 is 0 Å². The highest BCUT2D eigenvalue weighted by Gasteiger charge is 2.32. The molecule has 1 saturated heterocycles. The summed E-state index contributed by atoms with van der Waals surface area (Å²) in [6.07, 6.45) is 3.67. The van der Waals surface area contributed by atoms with Crippen LogP contribution in [0.4, 0.5) is 0 Å². The van der Waals surface area contributed by atoms with Crippen LogP contribution in [-0.4, -0.2) is 43.6 Å². The van der Waals surface area contributed by atoms with E-state index in [1.807, 2.05) is 36.2 Å². The van der Waals surface area contributed by atoms with E-state index in [2.05, 4.69) is 5.32 Å². The Morgan fingerprint density at radius 2 is 2.25 bits per heavy atom. The number of nitrogens with one attached hydrogen (secondary N) is 1. The van der Waals surface area contributed by atoms with Crippen molar-refractivity contribution < 1.29 is 9.53 Å². The second-order valence-corrected chi connectivity index (χ2v) is 5.77. The number of hydrogen-bond acceptors (Lipinski definition) is 3. The van der Waals surface area contributed by atoms with Crippen LogP contribution in [0.5, 0.6) is 5.75 Å². The van der Waals surface area contributed by atoms with Crippen molar-refractivity contribution in [3.8, 4) is 5.75 Å². The number of piperidine rings is 1. The zero-order chi connectivity index (χ0) is 13.9. The molecule has 2 aliphatic heterocycles. The van der Waals surface area contributed by atoms with E-state index in [9.17, 15) is 4.79 Å². The molecule has 4 heteroatoms. The van der Waals surface area contributed by atoms with Crippen LogP contribution in [0.25, 0.3) is 0 Å². The van der Waals surface area contributed by atoms with Gasteiger partial charge >= 0.3 is 0 Å². The number of nitrogens with zero attached hydrogens (tertiary/aromatic N) is 1. The number of hydrogen-bond donors (Lipinski definition) is 1. The van der Waals surface area contributed by atoms with Gasteiger partial charge in [-0.2, -0.15) is 0 Å². The van der Waals surface area contributed by atoms with Crippen LogP contribution < -0.4 is 10.1 Å². The summed E-state index contributed by atoms with van der Waals surface area (Å²) in [6.45, 7) is 2.33. The molecule has 1 amide bonds. The summed E-state index contributed by atoms with van der Waals surface area (Å²) in [4.78, 5) is 14.5. The summed E-state index contributed by atoms with van der Waals surface area (Å²) >= 11 is 0. The minimum Gasteiger partial charge on any atom is -0.492 e. The fourth-order valence-electron chi connectivity index (χ4n) is 3.13. The molecule has 108 valence electrons. The predicted molar refractivity (Wildman–Crippen MR) is 78.0 cm³/mol. The lowest BCUT2D eigenvalue weighted by atomic mass is 9.99. The zero-order valence-electron chi connectivity index (χ0n) is 12.0. The first-order valence-electron chi connectivity index (χ1n) is 7.46. The molecular weight excluding hydrogens is 252 g/mol. The molecule has 2 atom stereocenters. The topological polar surface area (TPSA) is 41.6 Å². The molecule has 1 aromatic carbocycles. The van der Waals surface area contributed by atoms with Gasteiger partial charge in [0.15, 0.2) is 0 Å². The number of amides is 1. The number of carbonyl (C=O) groups excluding carboxylic acids is 1. The molecular formula is C16H22N2O2. The van der Waals surface area contributed by atoms with Gasteiger partial charge in [0.05, 0.1) is 0 Å². The second-order valence-electron chi connectivity index (χ2n) is 5.77. The SMILES string of the molecule is CN(CC1CCCCN1)C(=O)C1COc2ccccc21. The number of rotatable bonds is 3. The minimum absolute atomic E-state index is 0.139. The Morgan fingerprint density at radius 1 is 1.40 bits per heavy atom. The summed E-state index contributed by atoms with van der Waals surface area (Å²) in [5.41, 5.74) is 1.03. The van der Waals surface area contributed by atoms with Gasteiger partial charge in [-0.1, -0.05) is 24.6 Å². The van der Waals surface area contributed by atoms with E-state index in [1.165, 1.54) is 12.8 Å². The number of fused-ring (bicyclic) bond motifs is 1. The molecule has 0 aromatic heterocycles. The van der Waals surface area contributed by atoms with Crippen molar-refractivity contribution in [3.63, 3.8) is 0 Å². The van der Waals surface area contributed by atoms with Crippen molar-refractivity contribution in [2.45, 2.75) is 31.2 Å². The first-order chi connectivity index (χ1) is 9.75. The summed E-state index contributed by atoms with van der Waals surface area (Å²) in [6, 6.07) is 8.29. The Balaban J connectivity index is 1.64. The van der Waals surface area contributed by atoms with Gasteiger partial charge in [-0.05, 0) is 25.5 Å². The lowest BCUT2D eigenvalue weighted by Gasteiger charge is -2.29. The molecule has 1 aromatic rings. The summed E-state index contributed by atoms with van der Waals surface area (Å²) in [5.74, 6) is 0.886. The average Bonchev–Trinajstić information content (AvgIpc) is 2.91. The molecule has 1 N–H and O–H groups in total. The van der Waals surface area contributed by atoms with Gasteiger partial charge in [0.25, 0.3) is 0 Å². The van der Waals surface area contributed by atoms with Crippen molar-refractivity contribution in [2.24, 2.45) is 0 Å². The van der Waals surface area contributed by atoms with E-state index in [-0.39, 0.29) is 11.8 Å². The lowest BCUT2D eigenvalue weighted by Crippen LogP contribution is -2.45. The molecule has 0 radical (unpaired) electrons. The summed E-state index contributed by atoms with van der Waals surface area (Å²) in [5, 5.41) is 3.49. The number of para-hydroxylation sites is 1. The maximum Gasteiger partial charge on any atom is 0.233 e. The minimum atomic E-state index is -0.139. The van der Waals surface area contributed by atoms with Crippen molar-refractivity contribution >= 4 is 5.91 Å². The van der Waals surface area contributed by atoms with Gasteiger partial charge in [0, 0.05) is 25.2 Å². The highest BCUT2D eigenvalue weighted by molar-refractivity contribution is 5.85. The third-order valence-electron chi connectivity index (χ3n) is 4.28. The van der Waals surface area contributed by atoms with E-state index >= 15 is 0 Å². The van der Waals surface area contributed by atoms with Gasteiger partial charge in [-0.25, -0.2) is 0 Å². The van der Waals surface area contributed by atoms with Gasteiger partial charge in [-0.3, -0.25) is 4.79 Å². The molecule has 0 spiro atoms. The molecule has 0 saturated carbocycles. The predicted octanol–water partition coefficient (Wildman–Crippen LogP) is 1.76. The van der Waals surface area contributed by atoms with Gasteiger partial charge in [-0.15, -0.1) is 0 Å². The van der Waals surface area contributed by atoms with Crippen molar-refractivity contribution in [2.75, 3.05) is 26.7 Å². The van der Waals surface area contributed by atoms with Gasteiger partial charge < -0.3 is 15.0 Å². The number of benzene rings is 1. The maximum absolute atomic E-state index is 12.6. The third kappa shape index (κ3) is 2.66. The summed E-state index contributed by atoms with van der Waals surface area (Å²) < 4.78 is 5.61. The van der Waals surface area contributed by atoms with Crippen molar-refractivity contribution in [1.82, 2.24) is 10.2 Å². The van der Waals surface area contributed by atoms with Crippen LogP contribution >= 0.6 is 0 Å². The normalized spacial score (nSPS) is 24.9. The Labute approximate surface area is 120 Å². The van der Waals surface area contributed by atoms with Crippen LogP contribution in [0.3, 0.4) is 0 Å². The van der Waals surface area contributed by atoms with Crippen LogP contribution in [0.2, 0.25) is 0 Å². The lowest BCUT2D eigenvalue weighted by molar-refractivity contribution is -0.132. The van der Waals surface area contributed by atoms with E-state index in [0.717, 1.165) is 30.8 Å². The maximum atomic E-state index is 12.6. The Bertz CT molecular complexity index is 483. The Kier molecular flexibility index (Phi) is 3.92. The fourth-order valence-corrected chi connectivity index (χ4v) is 3.13. The van der Waals surface area contributed by atoms with Crippen LogP contribution in [0, 0.1) is 0 Å². The first kappa shape index (κ1) is 13.4. The molecule has 2 aliphatic rings. The Morgan fingerprint density at radius 3 is 3.05 bits per heavy atom. The zero-order valence-corrected chi connectivity index (χ0v) is 12.0. The molecule has 0 aliphatic carbocycles. The number of ether oxygens (including phenoxy) is 1. The van der Waals surface area contributed by atoms with Gasteiger partial charge in [0.2, 0.25) is 5.91 Å². The molecule has 2 unspecified atom stereocenters. The highest BCUT2D eigenvalue weighted by atomic mass is 16.5. The van der Waals surface area contributed by atoms with Crippen molar-refractivity contribution in [3.05, 3.63) is 29.8 Å². The standard InChI is InChI=1S/C16H22N2O2/c1-18(10-12-6-4-5-9-17-12)16(19)14-11-20-15-8-3-2-7-13(14)15/h2-3,7-8,12,14,17H,4-6,9-11H2,1H3. The van der Waals surface area contributed by atoms with E-state index in [0.29, 0.717) is 12.6 Å². The van der Waals surface area contributed by atoms with Crippen LogP contribution in [-0.2, 0) is 4.79 Å². The van der Waals surface area contributed by atoms with Crippen molar-refractivity contribution in [1.29, 1.82) is 0 Å². The average molecular weight is 274 g/mol. The molecule has 4 nitrogen and oxygen atoms in total. The van der Waals surface area contributed by atoms with E-state index in [4.69, 9.17) is 4.74 Å². The molecule has 2 heterocycles. The molecule has 1 fully saturated rings. The molecule has 3 rings (SSSR count). The molecule has 20 heavy (non-hydrogen) atoms. The number of likely N-dealkylation sites (N-methyl/N-ethyl adjacent to an activating group) is 1. The van der Waals surface area contributed by atoms with E-state index in [1.54, 1.807) is 0 Å². The van der Waals surface area contributed by atoms with Gasteiger partial charge in [0.1, 0.15) is 18.3 Å². The smallest absolute Gasteiger partial charge is 0.233 e. The number of carbonyl (C=O) groups is 1. The summed E-state index contributed by atoms with van der Waals surface area (Å²) in [7, 11) is 1.90. The largest absolute Gasteiger partial charge is 0.492 e. The Hall–Kier alpha value is -1.55. The first-order valence-corrected chi connectivity index (χ1v) is 7.46.